The van der Waals surface area contributed by atoms with E-state index >= 15 is 0 Å². The van der Waals surface area contributed by atoms with Crippen molar-refractivity contribution in [2.24, 2.45) is 0 Å². The van der Waals surface area contributed by atoms with Gasteiger partial charge < -0.3 is 9.84 Å². The van der Waals surface area contributed by atoms with Gasteiger partial charge in [-0.2, -0.15) is 0 Å². The monoisotopic (exact) mass is 285 g/mol. The highest BCUT2D eigenvalue weighted by molar-refractivity contribution is 5.69. The van der Waals surface area contributed by atoms with Crippen molar-refractivity contribution < 1.29 is 14.6 Å². The summed E-state index contributed by atoms with van der Waals surface area (Å²) in [4.78, 5) is 17.7. The fraction of sp³-hybridized carbons (Fsp3) is 0.929. The number of ether oxygens (including phenoxy) is 1. The normalized spacial score (nSPS) is 27.4. The third-order valence-corrected chi connectivity index (χ3v) is 4.17. The summed E-state index contributed by atoms with van der Waals surface area (Å²) in [6.07, 6.45) is 1.34. The summed E-state index contributed by atoms with van der Waals surface area (Å²) in [7, 11) is 0. The molecule has 1 N–H and O–H groups in total. The number of carboxylic acid groups (broad SMARTS) is 1. The summed E-state index contributed by atoms with van der Waals surface area (Å²) in [5, 5.41) is 8.86. The van der Waals surface area contributed by atoms with Crippen LogP contribution in [0, 0.1) is 0 Å². The standard InChI is InChI=1S/C14H27N3O3/c1-2-15-8-9-20-13(10-15)11-16-4-3-5-17(7-6-16)12-14(18)19/h13H,2-12H2,1H3,(H,18,19). The molecule has 2 heterocycles. The van der Waals surface area contributed by atoms with E-state index in [2.05, 4.69) is 16.7 Å². The maximum Gasteiger partial charge on any atom is 0.317 e. The minimum atomic E-state index is -0.729. The minimum absolute atomic E-state index is 0.164. The highest BCUT2D eigenvalue weighted by Crippen LogP contribution is 2.09. The van der Waals surface area contributed by atoms with Gasteiger partial charge in [0.15, 0.2) is 0 Å². The van der Waals surface area contributed by atoms with Crippen LogP contribution in [0.25, 0.3) is 0 Å². The molecular formula is C14H27N3O3. The van der Waals surface area contributed by atoms with Crippen LogP contribution in [0.2, 0.25) is 0 Å². The van der Waals surface area contributed by atoms with E-state index in [0.717, 1.165) is 65.4 Å². The number of carbonyl (C=O) groups is 1. The summed E-state index contributed by atoms with van der Waals surface area (Å²) in [5.41, 5.74) is 0. The highest BCUT2D eigenvalue weighted by atomic mass is 16.5. The molecular weight excluding hydrogens is 258 g/mol. The molecule has 0 radical (unpaired) electrons. The van der Waals surface area contributed by atoms with E-state index < -0.39 is 5.97 Å². The number of rotatable bonds is 5. The van der Waals surface area contributed by atoms with Crippen molar-refractivity contribution in [3.63, 3.8) is 0 Å². The van der Waals surface area contributed by atoms with Crippen LogP contribution in [-0.4, -0.2) is 97.4 Å². The smallest absolute Gasteiger partial charge is 0.317 e. The zero-order valence-corrected chi connectivity index (χ0v) is 12.5. The molecule has 0 amide bonds. The number of likely N-dealkylation sites (N-methyl/N-ethyl adjacent to an activating group) is 1. The summed E-state index contributed by atoms with van der Waals surface area (Å²) in [5.74, 6) is -0.729. The van der Waals surface area contributed by atoms with Gasteiger partial charge in [0.25, 0.3) is 0 Å². The summed E-state index contributed by atoms with van der Waals surface area (Å²) in [6, 6.07) is 0. The van der Waals surface area contributed by atoms with Crippen molar-refractivity contribution in [2.75, 3.05) is 65.5 Å². The third kappa shape index (κ3) is 5.01. The van der Waals surface area contributed by atoms with Crippen molar-refractivity contribution in [2.45, 2.75) is 19.4 Å². The Balaban J connectivity index is 1.74. The lowest BCUT2D eigenvalue weighted by molar-refractivity contribution is -0.138. The second-order valence-corrected chi connectivity index (χ2v) is 5.71. The molecule has 2 aliphatic rings. The van der Waals surface area contributed by atoms with Gasteiger partial charge in [-0.25, -0.2) is 0 Å². The van der Waals surface area contributed by atoms with E-state index in [1.807, 2.05) is 4.90 Å². The first-order valence-corrected chi connectivity index (χ1v) is 7.68. The number of hydrogen-bond acceptors (Lipinski definition) is 5. The van der Waals surface area contributed by atoms with Crippen LogP contribution in [-0.2, 0) is 9.53 Å². The Kier molecular flexibility index (Phi) is 6.22. The predicted octanol–water partition coefficient (Wildman–Crippen LogP) is -0.201. The van der Waals surface area contributed by atoms with Gasteiger partial charge in [-0.05, 0) is 19.5 Å². The summed E-state index contributed by atoms with van der Waals surface area (Å²) in [6.45, 7) is 11.0. The molecule has 0 saturated carbocycles. The molecule has 0 aromatic rings. The number of hydrogen-bond donors (Lipinski definition) is 1. The molecule has 2 rings (SSSR count). The van der Waals surface area contributed by atoms with Gasteiger partial charge in [0.05, 0.1) is 19.3 Å². The van der Waals surface area contributed by atoms with Crippen molar-refractivity contribution >= 4 is 5.97 Å². The number of aliphatic carboxylic acids is 1. The zero-order valence-electron chi connectivity index (χ0n) is 12.5. The van der Waals surface area contributed by atoms with Crippen LogP contribution in [0.1, 0.15) is 13.3 Å². The Hall–Kier alpha value is -0.690. The molecule has 0 aromatic carbocycles. The first-order valence-electron chi connectivity index (χ1n) is 7.68. The molecule has 1 atom stereocenters. The first-order chi connectivity index (χ1) is 9.67. The molecule has 2 aliphatic heterocycles. The fourth-order valence-electron chi connectivity index (χ4n) is 3.02. The van der Waals surface area contributed by atoms with Crippen molar-refractivity contribution in [3.05, 3.63) is 0 Å². The van der Waals surface area contributed by atoms with Crippen LogP contribution < -0.4 is 0 Å². The third-order valence-electron chi connectivity index (χ3n) is 4.17. The van der Waals surface area contributed by atoms with E-state index in [9.17, 15) is 4.79 Å². The minimum Gasteiger partial charge on any atom is -0.480 e. The van der Waals surface area contributed by atoms with E-state index in [1.165, 1.54) is 0 Å². The Morgan fingerprint density at radius 1 is 1.15 bits per heavy atom. The molecule has 116 valence electrons. The summed E-state index contributed by atoms with van der Waals surface area (Å²) < 4.78 is 5.85. The molecule has 6 heteroatoms. The average molecular weight is 285 g/mol. The van der Waals surface area contributed by atoms with Gasteiger partial charge in [0.2, 0.25) is 0 Å². The lowest BCUT2D eigenvalue weighted by atomic mass is 10.2. The topological polar surface area (TPSA) is 56.2 Å². The molecule has 2 fully saturated rings. The lowest BCUT2D eigenvalue weighted by Crippen LogP contribution is -2.48. The van der Waals surface area contributed by atoms with Gasteiger partial charge in [0, 0.05) is 39.3 Å². The molecule has 6 nitrogen and oxygen atoms in total. The molecule has 20 heavy (non-hydrogen) atoms. The zero-order chi connectivity index (χ0) is 14.4. The van der Waals surface area contributed by atoms with Gasteiger partial charge in [-0.15, -0.1) is 0 Å². The maximum absolute atomic E-state index is 10.8. The lowest BCUT2D eigenvalue weighted by Gasteiger charge is -2.35. The van der Waals surface area contributed by atoms with Gasteiger partial charge in [-0.3, -0.25) is 19.5 Å². The number of morpholine rings is 1. The Bertz CT molecular complexity index is 314. The fourth-order valence-corrected chi connectivity index (χ4v) is 3.02. The second kappa shape index (κ2) is 7.93. The SMILES string of the molecule is CCN1CCOC(CN2CCCN(CC(=O)O)CC2)C1. The average Bonchev–Trinajstić information content (AvgIpc) is 2.64. The van der Waals surface area contributed by atoms with Crippen molar-refractivity contribution in [1.82, 2.24) is 14.7 Å². The molecule has 1 unspecified atom stereocenters. The van der Waals surface area contributed by atoms with Crippen LogP contribution >= 0.6 is 0 Å². The quantitative estimate of drug-likeness (QED) is 0.755. The highest BCUT2D eigenvalue weighted by Gasteiger charge is 2.23. The van der Waals surface area contributed by atoms with Crippen LogP contribution in [0.15, 0.2) is 0 Å². The van der Waals surface area contributed by atoms with E-state index in [1.54, 1.807) is 0 Å². The Morgan fingerprint density at radius 3 is 2.65 bits per heavy atom. The summed E-state index contributed by atoms with van der Waals surface area (Å²) >= 11 is 0. The van der Waals surface area contributed by atoms with Crippen LogP contribution in [0.5, 0.6) is 0 Å². The molecule has 2 saturated heterocycles. The van der Waals surface area contributed by atoms with Gasteiger partial charge >= 0.3 is 5.97 Å². The van der Waals surface area contributed by atoms with Gasteiger partial charge in [-0.1, -0.05) is 6.92 Å². The van der Waals surface area contributed by atoms with Gasteiger partial charge in [0.1, 0.15) is 0 Å². The number of nitrogens with zero attached hydrogens (tertiary/aromatic N) is 3. The van der Waals surface area contributed by atoms with E-state index in [0.29, 0.717) is 6.10 Å². The molecule has 0 spiro atoms. The van der Waals surface area contributed by atoms with Crippen LogP contribution in [0.3, 0.4) is 0 Å². The first kappa shape index (κ1) is 15.7. The van der Waals surface area contributed by atoms with Crippen LogP contribution in [0.4, 0.5) is 0 Å². The largest absolute Gasteiger partial charge is 0.480 e. The second-order valence-electron chi connectivity index (χ2n) is 5.71. The van der Waals surface area contributed by atoms with Crippen molar-refractivity contribution in [3.8, 4) is 0 Å². The molecule has 0 aliphatic carbocycles. The Morgan fingerprint density at radius 2 is 1.90 bits per heavy atom. The van der Waals surface area contributed by atoms with Crippen molar-refractivity contribution in [1.29, 1.82) is 0 Å². The van der Waals surface area contributed by atoms with E-state index in [4.69, 9.17) is 9.84 Å². The maximum atomic E-state index is 10.8. The molecule has 0 bridgehead atoms. The predicted molar refractivity (Wildman–Crippen MR) is 77.0 cm³/mol. The van der Waals surface area contributed by atoms with E-state index in [-0.39, 0.29) is 6.54 Å². The Labute approximate surface area is 121 Å². The molecule has 0 aromatic heterocycles. The number of carboxylic acids is 1.